The van der Waals surface area contributed by atoms with Gasteiger partial charge in [-0.1, -0.05) is 18.2 Å². The molecule has 0 unspecified atom stereocenters. The molecule has 2 rings (SSSR count). The number of nitrogens with one attached hydrogen (secondary N) is 1. The highest BCUT2D eigenvalue weighted by Gasteiger charge is 2.26. The standard InChI is InChI=1S/C18H20N2O5S/c1-10(2)25-18(23)14-11(3)15(16(19)22)26-17(14)20-13(21)9-24-12-7-5-4-6-8-12/h4-8,10H,9H2,1-3H3,(H2,19,22)(H,20,21). The molecule has 0 aliphatic carbocycles. The van der Waals surface area contributed by atoms with Gasteiger partial charge in [-0.3, -0.25) is 9.59 Å². The number of carbonyl (C=O) groups excluding carboxylic acids is 3. The van der Waals surface area contributed by atoms with Crippen LogP contribution in [0.25, 0.3) is 0 Å². The third-order valence-corrected chi connectivity index (χ3v) is 4.51. The van der Waals surface area contributed by atoms with E-state index < -0.39 is 17.8 Å². The average Bonchev–Trinajstić information content (AvgIpc) is 2.89. The number of anilines is 1. The maximum atomic E-state index is 12.3. The van der Waals surface area contributed by atoms with E-state index >= 15 is 0 Å². The summed E-state index contributed by atoms with van der Waals surface area (Å²) in [5.41, 5.74) is 5.86. The van der Waals surface area contributed by atoms with E-state index in [1.54, 1.807) is 45.0 Å². The second-order valence-electron chi connectivity index (χ2n) is 5.73. The predicted molar refractivity (Wildman–Crippen MR) is 98.7 cm³/mol. The highest BCUT2D eigenvalue weighted by atomic mass is 32.1. The number of esters is 1. The first-order valence-corrected chi connectivity index (χ1v) is 8.73. The fourth-order valence-electron chi connectivity index (χ4n) is 2.18. The van der Waals surface area contributed by atoms with Crippen LogP contribution in [-0.2, 0) is 9.53 Å². The largest absolute Gasteiger partial charge is 0.484 e. The molecule has 2 amide bonds. The molecule has 26 heavy (non-hydrogen) atoms. The van der Waals surface area contributed by atoms with Crippen molar-refractivity contribution < 1.29 is 23.9 Å². The van der Waals surface area contributed by atoms with E-state index in [0.29, 0.717) is 11.3 Å². The normalized spacial score (nSPS) is 10.5. The van der Waals surface area contributed by atoms with E-state index in [0.717, 1.165) is 11.3 Å². The minimum absolute atomic E-state index is 0.130. The molecule has 0 spiro atoms. The maximum absolute atomic E-state index is 12.3. The smallest absolute Gasteiger partial charge is 0.341 e. The van der Waals surface area contributed by atoms with E-state index in [2.05, 4.69) is 5.32 Å². The van der Waals surface area contributed by atoms with Gasteiger partial charge in [-0.2, -0.15) is 0 Å². The first kappa shape index (κ1) is 19.5. The number of ether oxygens (including phenoxy) is 2. The van der Waals surface area contributed by atoms with Gasteiger partial charge < -0.3 is 20.5 Å². The molecule has 8 heteroatoms. The van der Waals surface area contributed by atoms with Crippen molar-refractivity contribution in [3.63, 3.8) is 0 Å². The maximum Gasteiger partial charge on any atom is 0.341 e. The van der Waals surface area contributed by atoms with Crippen LogP contribution in [0.1, 0.15) is 39.4 Å². The van der Waals surface area contributed by atoms with Gasteiger partial charge in [0, 0.05) is 0 Å². The van der Waals surface area contributed by atoms with Gasteiger partial charge in [0.2, 0.25) is 0 Å². The highest BCUT2D eigenvalue weighted by Crippen LogP contribution is 2.33. The van der Waals surface area contributed by atoms with Gasteiger partial charge in [-0.05, 0) is 38.5 Å². The Kier molecular flexibility index (Phi) is 6.35. The lowest BCUT2D eigenvalue weighted by Crippen LogP contribution is -2.21. The monoisotopic (exact) mass is 376 g/mol. The quantitative estimate of drug-likeness (QED) is 0.723. The Hall–Kier alpha value is -2.87. The Morgan fingerprint density at radius 2 is 1.85 bits per heavy atom. The molecule has 1 heterocycles. The zero-order valence-corrected chi connectivity index (χ0v) is 15.5. The lowest BCUT2D eigenvalue weighted by molar-refractivity contribution is -0.118. The molecule has 7 nitrogen and oxygen atoms in total. The molecule has 0 aliphatic heterocycles. The fraction of sp³-hybridized carbons (Fsp3) is 0.278. The first-order chi connectivity index (χ1) is 12.3. The molecule has 0 atom stereocenters. The van der Waals surface area contributed by atoms with Crippen molar-refractivity contribution in [2.24, 2.45) is 5.73 Å². The molecule has 0 aliphatic rings. The van der Waals surface area contributed by atoms with Gasteiger partial charge in [-0.15, -0.1) is 11.3 Å². The number of carbonyl (C=O) groups is 3. The molecule has 2 aromatic rings. The summed E-state index contributed by atoms with van der Waals surface area (Å²) >= 11 is 0.937. The van der Waals surface area contributed by atoms with Gasteiger partial charge >= 0.3 is 5.97 Å². The van der Waals surface area contributed by atoms with Crippen LogP contribution in [0.4, 0.5) is 5.00 Å². The molecule has 0 bridgehead atoms. The Morgan fingerprint density at radius 3 is 2.42 bits per heavy atom. The molecule has 3 N–H and O–H groups in total. The number of primary amides is 1. The Bertz CT molecular complexity index is 814. The van der Waals surface area contributed by atoms with Crippen LogP contribution in [0.5, 0.6) is 5.75 Å². The van der Waals surface area contributed by atoms with Crippen LogP contribution in [0.3, 0.4) is 0 Å². The van der Waals surface area contributed by atoms with E-state index in [1.165, 1.54) is 0 Å². The van der Waals surface area contributed by atoms with Crippen LogP contribution in [-0.4, -0.2) is 30.5 Å². The average molecular weight is 376 g/mol. The van der Waals surface area contributed by atoms with Crippen molar-refractivity contribution in [3.05, 3.63) is 46.3 Å². The van der Waals surface area contributed by atoms with Crippen molar-refractivity contribution in [2.45, 2.75) is 26.9 Å². The Morgan fingerprint density at radius 1 is 1.19 bits per heavy atom. The van der Waals surface area contributed by atoms with Crippen LogP contribution in [0.15, 0.2) is 30.3 Å². The number of nitrogens with two attached hydrogens (primary N) is 1. The minimum atomic E-state index is -0.674. The number of thiophene rings is 1. The van der Waals surface area contributed by atoms with Crippen LogP contribution in [0.2, 0.25) is 0 Å². The SMILES string of the molecule is Cc1c(C(N)=O)sc(NC(=O)COc2ccccc2)c1C(=O)OC(C)C. The van der Waals surface area contributed by atoms with Gasteiger partial charge in [0.05, 0.1) is 16.5 Å². The van der Waals surface area contributed by atoms with Crippen molar-refractivity contribution in [1.29, 1.82) is 0 Å². The predicted octanol–water partition coefficient (Wildman–Crippen LogP) is 2.74. The summed E-state index contributed by atoms with van der Waals surface area (Å²) in [6, 6.07) is 8.85. The molecular weight excluding hydrogens is 356 g/mol. The van der Waals surface area contributed by atoms with Gasteiger partial charge in [0.15, 0.2) is 6.61 Å². The zero-order chi connectivity index (χ0) is 19.3. The third kappa shape index (κ3) is 4.82. The van der Waals surface area contributed by atoms with E-state index in [1.807, 2.05) is 6.07 Å². The van der Waals surface area contributed by atoms with Crippen molar-refractivity contribution in [1.82, 2.24) is 0 Å². The number of amides is 2. The van der Waals surface area contributed by atoms with Crippen LogP contribution in [0, 0.1) is 6.92 Å². The number of hydrogen-bond donors (Lipinski definition) is 2. The fourth-order valence-corrected chi connectivity index (χ4v) is 3.25. The van der Waals surface area contributed by atoms with E-state index in [4.69, 9.17) is 15.2 Å². The second-order valence-corrected chi connectivity index (χ2v) is 6.75. The Labute approximate surface area is 155 Å². The van der Waals surface area contributed by atoms with Crippen molar-refractivity contribution in [2.75, 3.05) is 11.9 Å². The summed E-state index contributed by atoms with van der Waals surface area (Å²) in [6.45, 7) is 4.76. The second kappa shape index (κ2) is 8.48. The molecule has 0 fully saturated rings. The zero-order valence-electron chi connectivity index (χ0n) is 14.7. The number of para-hydroxylation sites is 1. The Balaban J connectivity index is 2.18. The van der Waals surface area contributed by atoms with E-state index in [-0.39, 0.29) is 28.2 Å². The van der Waals surface area contributed by atoms with E-state index in [9.17, 15) is 14.4 Å². The van der Waals surface area contributed by atoms with Gasteiger partial charge in [0.25, 0.3) is 11.8 Å². The molecule has 1 aromatic carbocycles. The summed E-state index contributed by atoms with van der Waals surface area (Å²) < 4.78 is 10.6. The van der Waals surface area contributed by atoms with Crippen molar-refractivity contribution in [3.8, 4) is 5.75 Å². The summed E-state index contributed by atoms with van der Waals surface area (Å²) in [4.78, 5) is 36.3. The summed E-state index contributed by atoms with van der Waals surface area (Å²) in [5, 5.41) is 2.81. The van der Waals surface area contributed by atoms with Crippen LogP contribution < -0.4 is 15.8 Å². The summed E-state index contributed by atoms with van der Waals surface area (Å²) in [7, 11) is 0. The highest BCUT2D eigenvalue weighted by molar-refractivity contribution is 7.18. The summed E-state index contributed by atoms with van der Waals surface area (Å²) in [5.74, 6) is -1.22. The minimum Gasteiger partial charge on any atom is -0.484 e. The molecule has 0 radical (unpaired) electrons. The summed E-state index contributed by atoms with van der Waals surface area (Å²) in [6.07, 6.45) is -0.344. The molecule has 1 aromatic heterocycles. The first-order valence-electron chi connectivity index (χ1n) is 7.91. The number of benzene rings is 1. The van der Waals surface area contributed by atoms with Gasteiger partial charge in [-0.25, -0.2) is 4.79 Å². The number of hydrogen-bond acceptors (Lipinski definition) is 6. The molecular formula is C18H20N2O5S. The van der Waals surface area contributed by atoms with Crippen LogP contribution >= 0.6 is 11.3 Å². The molecule has 0 saturated heterocycles. The van der Waals surface area contributed by atoms with Crippen molar-refractivity contribution >= 4 is 34.1 Å². The third-order valence-electron chi connectivity index (χ3n) is 3.28. The molecule has 0 saturated carbocycles. The number of rotatable bonds is 7. The molecule has 138 valence electrons. The lowest BCUT2D eigenvalue weighted by Gasteiger charge is -2.11. The van der Waals surface area contributed by atoms with Gasteiger partial charge in [0.1, 0.15) is 10.8 Å². The topological polar surface area (TPSA) is 108 Å². The lowest BCUT2D eigenvalue weighted by atomic mass is 10.1.